The first-order valence-electron chi connectivity index (χ1n) is 5.30. The number of hydrogen-bond acceptors (Lipinski definition) is 3. The zero-order valence-electron chi connectivity index (χ0n) is 9.97. The highest BCUT2D eigenvalue weighted by Crippen LogP contribution is 2.23. The molecule has 2 N–H and O–H groups in total. The van der Waals surface area contributed by atoms with Crippen molar-refractivity contribution in [3.05, 3.63) is 28.2 Å². The quantitative estimate of drug-likeness (QED) is 0.864. The van der Waals surface area contributed by atoms with E-state index in [1.54, 1.807) is 18.2 Å². The van der Waals surface area contributed by atoms with Gasteiger partial charge in [0.15, 0.2) is 5.25 Å². The highest BCUT2D eigenvalue weighted by molar-refractivity contribution is 9.10. The number of halogens is 1. The van der Waals surface area contributed by atoms with Crippen molar-refractivity contribution in [2.45, 2.75) is 25.5 Å². The molecule has 0 fully saturated rings. The first-order valence-corrected chi connectivity index (χ1v) is 7.64. The maximum Gasteiger partial charge on any atom is 0.323 e. The van der Waals surface area contributed by atoms with Crippen LogP contribution in [0.4, 0.5) is 5.69 Å². The van der Waals surface area contributed by atoms with Gasteiger partial charge in [0, 0.05) is 4.47 Å². The number of benzene rings is 1. The van der Waals surface area contributed by atoms with E-state index >= 15 is 0 Å². The fourth-order valence-corrected chi connectivity index (χ4v) is 2.69. The molecule has 1 aromatic carbocycles. The van der Waals surface area contributed by atoms with Gasteiger partial charge in [-0.3, -0.25) is 9.52 Å². The Morgan fingerprint density at radius 3 is 2.61 bits per heavy atom. The van der Waals surface area contributed by atoms with Crippen LogP contribution in [0.2, 0.25) is 0 Å². The Labute approximate surface area is 114 Å². The largest absolute Gasteiger partial charge is 0.480 e. The Hall–Kier alpha value is -1.08. The number of rotatable bonds is 5. The number of carboxylic acid groups (broad SMARTS) is 1. The standard InChI is InChI=1S/C11H14BrNO4S/c1-3-8-6-9(12)4-5-10(8)13-18(16,17)7(2)11(14)15/h4-7,13H,3H2,1-2H3,(H,14,15). The molecule has 0 saturated carbocycles. The van der Waals surface area contributed by atoms with Crippen molar-refractivity contribution in [1.29, 1.82) is 0 Å². The molecule has 0 radical (unpaired) electrons. The molecule has 0 aliphatic carbocycles. The van der Waals surface area contributed by atoms with Crippen molar-refractivity contribution in [1.82, 2.24) is 0 Å². The van der Waals surface area contributed by atoms with Crippen LogP contribution < -0.4 is 4.72 Å². The summed E-state index contributed by atoms with van der Waals surface area (Å²) in [7, 11) is -3.92. The predicted molar refractivity (Wildman–Crippen MR) is 73.2 cm³/mol. The third-order valence-electron chi connectivity index (χ3n) is 2.51. The van der Waals surface area contributed by atoms with Crippen LogP contribution in [0.15, 0.2) is 22.7 Å². The molecule has 0 aliphatic rings. The monoisotopic (exact) mass is 335 g/mol. The summed E-state index contributed by atoms with van der Waals surface area (Å²) in [6, 6.07) is 5.10. The maximum atomic E-state index is 11.8. The minimum absolute atomic E-state index is 0.411. The van der Waals surface area contributed by atoms with Gasteiger partial charge < -0.3 is 5.11 Å². The van der Waals surface area contributed by atoms with Crippen LogP contribution in [-0.2, 0) is 21.2 Å². The second-order valence-electron chi connectivity index (χ2n) is 3.78. The fraction of sp³-hybridized carbons (Fsp3) is 0.364. The average Bonchev–Trinajstić information content (AvgIpc) is 2.30. The van der Waals surface area contributed by atoms with E-state index in [4.69, 9.17) is 5.11 Å². The lowest BCUT2D eigenvalue weighted by atomic mass is 10.1. The molecule has 100 valence electrons. The lowest BCUT2D eigenvalue weighted by molar-refractivity contribution is -0.136. The van der Waals surface area contributed by atoms with Gasteiger partial charge in [-0.05, 0) is 37.1 Å². The number of hydrogen-bond donors (Lipinski definition) is 2. The van der Waals surface area contributed by atoms with Crippen LogP contribution in [-0.4, -0.2) is 24.7 Å². The second kappa shape index (κ2) is 5.71. The van der Waals surface area contributed by atoms with Crippen LogP contribution in [0.25, 0.3) is 0 Å². The summed E-state index contributed by atoms with van der Waals surface area (Å²) >= 11 is 3.30. The average molecular weight is 336 g/mol. The number of nitrogens with one attached hydrogen (secondary N) is 1. The lowest BCUT2D eigenvalue weighted by Gasteiger charge is -2.14. The molecule has 0 heterocycles. The number of aryl methyl sites for hydroxylation is 1. The molecule has 1 rings (SSSR count). The van der Waals surface area contributed by atoms with Crippen molar-refractivity contribution in [2.24, 2.45) is 0 Å². The van der Waals surface area contributed by atoms with Crippen molar-refractivity contribution in [3.8, 4) is 0 Å². The molecule has 1 atom stereocenters. The van der Waals surface area contributed by atoms with Crippen LogP contribution >= 0.6 is 15.9 Å². The molecule has 7 heteroatoms. The van der Waals surface area contributed by atoms with E-state index in [-0.39, 0.29) is 0 Å². The second-order valence-corrected chi connectivity index (χ2v) is 6.70. The summed E-state index contributed by atoms with van der Waals surface area (Å²) in [6.07, 6.45) is 0.638. The van der Waals surface area contributed by atoms with Gasteiger partial charge in [0.1, 0.15) is 0 Å². The summed E-state index contributed by atoms with van der Waals surface area (Å²) in [5.41, 5.74) is 1.21. The molecule has 0 aromatic heterocycles. The molecule has 0 amide bonds. The minimum atomic E-state index is -3.92. The summed E-state index contributed by atoms with van der Waals surface area (Å²) in [5, 5.41) is 7.25. The Morgan fingerprint density at radius 2 is 2.11 bits per heavy atom. The van der Waals surface area contributed by atoms with Gasteiger partial charge in [-0.2, -0.15) is 0 Å². The van der Waals surface area contributed by atoms with E-state index < -0.39 is 21.2 Å². The molecule has 1 aromatic rings. The Kier molecular flexibility index (Phi) is 4.75. The predicted octanol–water partition coefficient (Wildman–Crippen LogP) is 2.23. The van der Waals surface area contributed by atoms with E-state index in [1.807, 2.05) is 6.92 Å². The SMILES string of the molecule is CCc1cc(Br)ccc1NS(=O)(=O)C(C)C(=O)O. The van der Waals surface area contributed by atoms with Crippen molar-refractivity contribution < 1.29 is 18.3 Å². The number of carboxylic acids is 1. The van der Waals surface area contributed by atoms with Crippen LogP contribution in [0, 0.1) is 0 Å². The molecule has 18 heavy (non-hydrogen) atoms. The van der Waals surface area contributed by atoms with E-state index in [2.05, 4.69) is 20.7 Å². The van der Waals surface area contributed by atoms with Gasteiger partial charge in [-0.15, -0.1) is 0 Å². The van der Waals surface area contributed by atoms with Gasteiger partial charge in [-0.25, -0.2) is 8.42 Å². The molecule has 0 saturated heterocycles. The Morgan fingerprint density at radius 1 is 1.50 bits per heavy atom. The van der Waals surface area contributed by atoms with E-state index in [1.165, 1.54) is 0 Å². The van der Waals surface area contributed by atoms with Crippen LogP contribution in [0.5, 0.6) is 0 Å². The van der Waals surface area contributed by atoms with E-state index in [0.717, 1.165) is 17.0 Å². The third kappa shape index (κ3) is 3.46. The van der Waals surface area contributed by atoms with Crippen molar-refractivity contribution in [2.75, 3.05) is 4.72 Å². The summed E-state index contributed by atoms with van der Waals surface area (Å²) in [4.78, 5) is 10.7. The van der Waals surface area contributed by atoms with Gasteiger partial charge in [0.25, 0.3) is 0 Å². The molecule has 0 aliphatic heterocycles. The number of carbonyl (C=O) groups is 1. The molecule has 1 unspecified atom stereocenters. The smallest absolute Gasteiger partial charge is 0.323 e. The van der Waals surface area contributed by atoms with Gasteiger partial charge in [0.05, 0.1) is 5.69 Å². The minimum Gasteiger partial charge on any atom is -0.480 e. The molecular formula is C11H14BrNO4S. The van der Waals surface area contributed by atoms with Gasteiger partial charge in [-0.1, -0.05) is 22.9 Å². The van der Waals surface area contributed by atoms with Gasteiger partial charge >= 0.3 is 5.97 Å². The Balaban J connectivity index is 3.08. The van der Waals surface area contributed by atoms with Crippen LogP contribution in [0.1, 0.15) is 19.4 Å². The first-order chi connectivity index (χ1) is 8.27. The molecular weight excluding hydrogens is 322 g/mol. The fourth-order valence-electron chi connectivity index (χ4n) is 1.33. The van der Waals surface area contributed by atoms with E-state index in [9.17, 15) is 13.2 Å². The summed E-state index contributed by atoms with van der Waals surface area (Å²) < 4.78 is 26.7. The summed E-state index contributed by atoms with van der Waals surface area (Å²) in [5.74, 6) is -1.38. The number of sulfonamides is 1. The zero-order chi connectivity index (χ0) is 13.9. The van der Waals surface area contributed by atoms with Crippen LogP contribution in [0.3, 0.4) is 0 Å². The number of anilines is 1. The third-order valence-corrected chi connectivity index (χ3v) is 4.64. The number of aliphatic carboxylic acids is 1. The highest BCUT2D eigenvalue weighted by Gasteiger charge is 2.28. The Bertz CT molecular complexity index is 556. The van der Waals surface area contributed by atoms with Crippen molar-refractivity contribution >= 4 is 37.6 Å². The van der Waals surface area contributed by atoms with E-state index in [0.29, 0.717) is 12.1 Å². The highest BCUT2D eigenvalue weighted by atomic mass is 79.9. The maximum absolute atomic E-state index is 11.8. The molecule has 0 spiro atoms. The van der Waals surface area contributed by atoms with Crippen molar-refractivity contribution in [3.63, 3.8) is 0 Å². The zero-order valence-corrected chi connectivity index (χ0v) is 12.4. The summed E-state index contributed by atoms with van der Waals surface area (Å²) in [6.45, 7) is 3.02. The normalized spacial score (nSPS) is 13.1. The topological polar surface area (TPSA) is 83.5 Å². The molecule has 5 nitrogen and oxygen atoms in total. The molecule has 0 bridgehead atoms. The first kappa shape index (κ1) is 15.0. The van der Waals surface area contributed by atoms with Gasteiger partial charge in [0.2, 0.25) is 10.0 Å². The lowest BCUT2D eigenvalue weighted by Crippen LogP contribution is -2.32.